The van der Waals surface area contributed by atoms with Crippen LogP contribution in [0.3, 0.4) is 0 Å². The van der Waals surface area contributed by atoms with E-state index in [4.69, 9.17) is 0 Å². The van der Waals surface area contributed by atoms with Gasteiger partial charge in [0.15, 0.2) is 0 Å². The molecule has 1 radical (unpaired) electrons. The minimum absolute atomic E-state index is 0. The summed E-state index contributed by atoms with van der Waals surface area (Å²) >= 11 is 0. The summed E-state index contributed by atoms with van der Waals surface area (Å²) in [4.78, 5) is 0. The zero-order valence-electron chi connectivity index (χ0n) is 2.01. The summed E-state index contributed by atoms with van der Waals surface area (Å²) in [6.45, 7) is 0. The van der Waals surface area contributed by atoms with Crippen LogP contribution >= 0.6 is 0 Å². The standard InChI is InChI=1S/Mn.3O.W/q+2;3*-2;. The minimum Gasteiger partial charge on any atom is -2.00 e. The van der Waals surface area contributed by atoms with Crippen molar-refractivity contribution < 1.29 is 54.6 Å². The van der Waals surface area contributed by atoms with Crippen molar-refractivity contribution >= 4 is 0 Å². The van der Waals surface area contributed by atoms with Crippen molar-refractivity contribution in [3.63, 3.8) is 0 Å². The third kappa shape index (κ3) is 41.0. The van der Waals surface area contributed by atoms with Gasteiger partial charge in [-0.25, -0.2) is 0 Å². The van der Waals surface area contributed by atoms with Crippen molar-refractivity contribution in [3.8, 4) is 0 Å². The van der Waals surface area contributed by atoms with E-state index >= 15 is 0 Å². The summed E-state index contributed by atoms with van der Waals surface area (Å²) in [5, 5.41) is 0. The Morgan fingerprint density at radius 1 is 0.600 bits per heavy atom. The fourth-order valence-corrected chi connectivity index (χ4v) is 0. The van der Waals surface area contributed by atoms with Gasteiger partial charge in [-0.2, -0.15) is 0 Å². The van der Waals surface area contributed by atoms with Gasteiger partial charge in [-0.05, 0) is 0 Å². The van der Waals surface area contributed by atoms with Crippen LogP contribution in [0.1, 0.15) is 0 Å². The van der Waals surface area contributed by atoms with Crippen LogP contribution in [0, 0.1) is 0 Å². The molecule has 0 aromatic rings. The Morgan fingerprint density at radius 3 is 0.600 bits per heavy atom. The molecule has 0 amide bonds. The molecule has 5 heteroatoms. The predicted octanol–water partition coefficient (Wildman–Crippen LogP) is -0.361. The quantitative estimate of drug-likeness (QED) is 0.545. The SMILES string of the molecule is [Mn+2].[O-2].[O-2].[O-2].[W]. The van der Waals surface area contributed by atoms with Crippen LogP contribution in [0.2, 0.25) is 0 Å². The third-order valence-electron chi connectivity index (χ3n) is 0. The van der Waals surface area contributed by atoms with E-state index < -0.39 is 0 Å². The van der Waals surface area contributed by atoms with Gasteiger partial charge in [-0.15, -0.1) is 0 Å². The molecule has 0 N–H and O–H groups in total. The molecule has 0 aromatic carbocycles. The van der Waals surface area contributed by atoms with Gasteiger partial charge in [0.2, 0.25) is 0 Å². The topological polar surface area (TPSA) is 85.5 Å². The zero-order chi connectivity index (χ0) is 0. The first-order chi connectivity index (χ1) is 0. The fourth-order valence-electron chi connectivity index (χ4n) is 0. The molecule has 0 aliphatic carbocycles. The Labute approximate surface area is 54.8 Å². The monoisotopic (exact) mass is 287 g/mol. The van der Waals surface area contributed by atoms with Crippen molar-refractivity contribution in [2.24, 2.45) is 0 Å². The summed E-state index contributed by atoms with van der Waals surface area (Å²) in [6.07, 6.45) is 0. The molecule has 0 aromatic heterocycles. The van der Waals surface area contributed by atoms with Crippen LogP contribution in [0.5, 0.6) is 0 Å². The van der Waals surface area contributed by atoms with Gasteiger partial charge in [0.1, 0.15) is 0 Å². The largest absolute Gasteiger partial charge is 2.00 e. The van der Waals surface area contributed by atoms with Gasteiger partial charge in [-0.3, -0.25) is 0 Å². The van der Waals surface area contributed by atoms with Crippen molar-refractivity contribution in [1.82, 2.24) is 0 Å². The van der Waals surface area contributed by atoms with Crippen molar-refractivity contribution in [2.45, 2.75) is 0 Å². The maximum Gasteiger partial charge on any atom is 2.00 e. The maximum absolute atomic E-state index is 0. The molecule has 0 rings (SSSR count). The molecule has 0 aliphatic rings. The second-order valence-electron chi connectivity index (χ2n) is 0. The number of hydrogen-bond acceptors (Lipinski definition) is 0. The van der Waals surface area contributed by atoms with Crippen molar-refractivity contribution in [2.75, 3.05) is 0 Å². The van der Waals surface area contributed by atoms with Gasteiger partial charge >= 0.3 is 17.1 Å². The Balaban J connectivity index is 0. The molecule has 35 valence electrons. The summed E-state index contributed by atoms with van der Waals surface area (Å²) in [7, 11) is 0. The average molecular weight is 287 g/mol. The smallest absolute Gasteiger partial charge is 2.00 e. The molecule has 0 unspecified atom stereocenters. The number of rotatable bonds is 0. The Morgan fingerprint density at radius 2 is 0.600 bits per heavy atom. The van der Waals surface area contributed by atoms with E-state index in [1.54, 1.807) is 0 Å². The third-order valence-corrected chi connectivity index (χ3v) is 0. The molecular weight excluding hydrogens is 287 g/mol. The van der Waals surface area contributed by atoms with E-state index in [-0.39, 0.29) is 54.6 Å². The van der Waals surface area contributed by atoms with E-state index in [1.165, 1.54) is 0 Å². The molecule has 0 atom stereocenters. The average Bonchev–Trinajstić information content (AvgIpc) is 0. The molecular formula is MnO3W-4. The van der Waals surface area contributed by atoms with E-state index in [9.17, 15) is 0 Å². The first kappa shape index (κ1) is 133. The van der Waals surface area contributed by atoms with Crippen LogP contribution in [0.25, 0.3) is 0 Å². The molecule has 0 heterocycles. The summed E-state index contributed by atoms with van der Waals surface area (Å²) in [6, 6.07) is 0. The van der Waals surface area contributed by atoms with Crippen LogP contribution in [0.4, 0.5) is 0 Å². The first-order valence-electron chi connectivity index (χ1n) is 0. The van der Waals surface area contributed by atoms with E-state index in [0.717, 1.165) is 0 Å². The van der Waals surface area contributed by atoms with E-state index in [1.807, 2.05) is 0 Å². The molecule has 0 fully saturated rings. The maximum atomic E-state index is 0. The van der Waals surface area contributed by atoms with Gasteiger partial charge in [0.05, 0.1) is 0 Å². The van der Waals surface area contributed by atoms with E-state index in [0.29, 0.717) is 0 Å². The van der Waals surface area contributed by atoms with E-state index in [2.05, 4.69) is 0 Å². The van der Waals surface area contributed by atoms with Crippen LogP contribution < -0.4 is 0 Å². The molecule has 0 aliphatic heterocycles. The van der Waals surface area contributed by atoms with Crippen LogP contribution in [-0.4, -0.2) is 0 Å². The molecule has 0 spiro atoms. The Hall–Kier alpha value is 1.09. The second-order valence-corrected chi connectivity index (χ2v) is 0. The van der Waals surface area contributed by atoms with Crippen molar-refractivity contribution in [1.29, 1.82) is 0 Å². The second kappa shape index (κ2) is 71.8. The normalized spacial score (nSPS) is 0. The zero-order valence-corrected chi connectivity index (χ0v) is 6.12. The molecule has 5 heavy (non-hydrogen) atoms. The number of hydrogen-bond donors (Lipinski definition) is 0. The summed E-state index contributed by atoms with van der Waals surface area (Å²) in [5.74, 6) is 0. The van der Waals surface area contributed by atoms with Crippen LogP contribution in [-0.2, 0) is 54.6 Å². The molecule has 0 saturated heterocycles. The Kier molecular flexibility index (Phi) is 1910. The van der Waals surface area contributed by atoms with Crippen molar-refractivity contribution in [3.05, 3.63) is 0 Å². The molecule has 0 saturated carbocycles. The Bertz CT molecular complexity index is 6.85. The summed E-state index contributed by atoms with van der Waals surface area (Å²) < 4.78 is 0. The van der Waals surface area contributed by atoms with Gasteiger partial charge in [0.25, 0.3) is 0 Å². The van der Waals surface area contributed by atoms with Gasteiger partial charge in [-0.1, -0.05) is 0 Å². The molecule has 0 bridgehead atoms. The summed E-state index contributed by atoms with van der Waals surface area (Å²) in [5.41, 5.74) is 0. The predicted molar refractivity (Wildman–Crippen MR) is 2.06 cm³/mol. The molecule has 3 nitrogen and oxygen atoms in total. The van der Waals surface area contributed by atoms with Crippen LogP contribution in [0.15, 0.2) is 0 Å². The fraction of sp³-hybridized carbons (Fsp3) is 0. The van der Waals surface area contributed by atoms with Gasteiger partial charge in [0, 0.05) is 21.1 Å². The first-order valence-corrected chi connectivity index (χ1v) is 0. The minimum atomic E-state index is 0. The van der Waals surface area contributed by atoms with Gasteiger partial charge < -0.3 is 16.4 Å².